The highest BCUT2D eigenvalue weighted by Gasteiger charge is 2.45. The molecule has 2 aromatic rings. The molecule has 2 amide bonds. The van der Waals surface area contributed by atoms with E-state index in [1.165, 1.54) is 0 Å². The van der Waals surface area contributed by atoms with E-state index >= 15 is 0 Å². The summed E-state index contributed by atoms with van der Waals surface area (Å²) in [6, 6.07) is 15.3. The molecule has 2 aliphatic rings. The Morgan fingerprint density at radius 2 is 1.93 bits per heavy atom. The summed E-state index contributed by atoms with van der Waals surface area (Å²) in [6.07, 6.45) is 2.04. The number of hydrogen-bond donors (Lipinski definition) is 1. The van der Waals surface area contributed by atoms with Crippen LogP contribution in [0.3, 0.4) is 0 Å². The van der Waals surface area contributed by atoms with E-state index in [2.05, 4.69) is 5.32 Å². The molecule has 1 fully saturated rings. The summed E-state index contributed by atoms with van der Waals surface area (Å²) in [7, 11) is 0. The minimum Gasteiger partial charge on any atom is -0.352 e. The molecule has 4 nitrogen and oxygen atoms in total. The van der Waals surface area contributed by atoms with Crippen LogP contribution in [-0.4, -0.2) is 33.8 Å². The molecule has 28 heavy (non-hydrogen) atoms. The quantitative estimate of drug-likeness (QED) is 0.794. The predicted molar refractivity (Wildman–Crippen MR) is 114 cm³/mol. The molecule has 4 rings (SSSR count). The fraction of sp³-hybridized carbons (Fsp3) is 0.364. The number of fused-ring (bicyclic) bond motifs is 1. The highest BCUT2D eigenvalue weighted by Crippen LogP contribution is 2.40. The second-order valence-electron chi connectivity index (χ2n) is 7.47. The Balaban J connectivity index is 1.49. The summed E-state index contributed by atoms with van der Waals surface area (Å²) in [6.45, 7) is 1.04. The Kier molecular flexibility index (Phi) is 5.65. The van der Waals surface area contributed by atoms with Gasteiger partial charge in [0.1, 0.15) is 0 Å². The Morgan fingerprint density at radius 3 is 2.68 bits per heavy atom. The zero-order valence-electron chi connectivity index (χ0n) is 15.6. The molecule has 146 valence electrons. The van der Waals surface area contributed by atoms with E-state index in [1.807, 2.05) is 65.2 Å². The molecule has 0 unspecified atom stereocenters. The van der Waals surface area contributed by atoms with Crippen LogP contribution in [0, 0.1) is 0 Å². The lowest BCUT2D eigenvalue weighted by molar-refractivity contribution is -0.124. The van der Waals surface area contributed by atoms with E-state index in [0.29, 0.717) is 24.5 Å². The van der Waals surface area contributed by atoms with Gasteiger partial charge < -0.3 is 10.2 Å². The van der Waals surface area contributed by atoms with Crippen LogP contribution >= 0.6 is 23.4 Å². The smallest absolute Gasteiger partial charge is 0.254 e. The maximum atomic E-state index is 13.1. The Labute approximate surface area is 174 Å². The van der Waals surface area contributed by atoms with Gasteiger partial charge in [-0.1, -0.05) is 41.9 Å². The van der Waals surface area contributed by atoms with Crippen LogP contribution < -0.4 is 5.32 Å². The number of thioether (sulfide) groups is 1. The van der Waals surface area contributed by atoms with Crippen LogP contribution in [0.25, 0.3) is 0 Å². The van der Waals surface area contributed by atoms with Crippen molar-refractivity contribution in [1.29, 1.82) is 0 Å². The van der Waals surface area contributed by atoms with Crippen LogP contribution in [0.1, 0.15) is 40.7 Å². The van der Waals surface area contributed by atoms with E-state index in [1.54, 1.807) is 0 Å². The van der Waals surface area contributed by atoms with Crippen molar-refractivity contribution in [1.82, 2.24) is 10.2 Å². The largest absolute Gasteiger partial charge is 0.352 e. The molecule has 2 heterocycles. The van der Waals surface area contributed by atoms with Crippen molar-refractivity contribution < 1.29 is 9.59 Å². The minimum atomic E-state index is -0.403. The van der Waals surface area contributed by atoms with Crippen molar-refractivity contribution in [2.45, 2.75) is 37.9 Å². The molecule has 1 saturated heterocycles. The van der Waals surface area contributed by atoms with Crippen molar-refractivity contribution in [2.75, 3.05) is 11.5 Å². The van der Waals surface area contributed by atoms with Gasteiger partial charge >= 0.3 is 0 Å². The van der Waals surface area contributed by atoms with Crippen molar-refractivity contribution in [2.24, 2.45) is 0 Å². The van der Waals surface area contributed by atoms with Crippen LogP contribution in [-0.2, 0) is 17.9 Å². The van der Waals surface area contributed by atoms with Gasteiger partial charge in [0.05, 0.1) is 5.54 Å². The second-order valence-corrected chi connectivity index (χ2v) is 9.13. The van der Waals surface area contributed by atoms with Gasteiger partial charge in [-0.3, -0.25) is 9.59 Å². The van der Waals surface area contributed by atoms with Gasteiger partial charge in [-0.25, -0.2) is 0 Å². The number of amides is 2. The van der Waals surface area contributed by atoms with E-state index < -0.39 is 5.54 Å². The van der Waals surface area contributed by atoms with Gasteiger partial charge in [0.25, 0.3) is 5.91 Å². The van der Waals surface area contributed by atoms with Gasteiger partial charge in [0.2, 0.25) is 5.91 Å². The molecular formula is C22H23ClN2O2S. The normalized spacial score (nSPS) is 18.0. The van der Waals surface area contributed by atoms with Gasteiger partial charge in [-0.2, -0.15) is 11.8 Å². The number of nitrogens with zero attached hydrogens (tertiary/aromatic N) is 1. The zero-order chi connectivity index (χ0) is 19.6. The second kappa shape index (κ2) is 8.18. The molecule has 6 heteroatoms. The van der Waals surface area contributed by atoms with Gasteiger partial charge in [0, 0.05) is 30.1 Å². The molecule has 0 saturated carbocycles. The number of hydrogen-bond acceptors (Lipinski definition) is 3. The third-order valence-electron chi connectivity index (χ3n) is 5.69. The summed E-state index contributed by atoms with van der Waals surface area (Å²) in [5.74, 6) is 1.99. The summed E-state index contributed by atoms with van der Waals surface area (Å²) < 4.78 is 0. The average molecular weight is 415 g/mol. The highest BCUT2D eigenvalue weighted by molar-refractivity contribution is 7.99. The molecule has 0 bridgehead atoms. The summed E-state index contributed by atoms with van der Waals surface area (Å²) in [5, 5.41) is 3.68. The molecule has 0 aromatic heterocycles. The van der Waals surface area contributed by atoms with E-state index in [4.69, 9.17) is 11.6 Å². The van der Waals surface area contributed by atoms with E-state index in [9.17, 15) is 9.59 Å². The molecule has 2 aromatic carbocycles. The molecule has 0 aliphatic carbocycles. The lowest BCUT2D eigenvalue weighted by atomic mass is 9.86. The van der Waals surface area contributed by atoms with Gasteiger partial charge in [-0.15, -0.1) is 0 Å². The topological polar surface area (TPSA) is 49.4 Å². The fourth-order valence-electron chi connectivity index (χ4n) is 4.14. The van der Waals surface area contributed by atoms with Crippen LogP contribution in [0.2, 0.25) is 5.02 Å². The molecule has 0 radical (unpaired) electrons. The van der Waals surface area contributed by atoms with E-state index in [-0.39, 0.29) is 11.8 Å². The summed E-state index contributed by atoms with van der Waals surface area (Å²) in [5.41, 5.74) is 2.40. The number of nitrogens with one attached hydrogen (secondary N) is 1. The zero-order valence-corrected chi connectivity index (χ0v) is 17.2. The number of benzene rings is 2. The maximum Gasteiger partial charge on any atom is 0.254 e. The monoisotopic (exact) mass is 414 g/mol. The summed E-state index contributed by atoms with van der Waals surface area (Å²) in [4.78, 5) is 27.8. The van der Waals surface area contributed by atoms with Crippen molar-refractivity contribution in [3.63, 3.8) is 0 Å². The Morgan fingerprint density at radius 1 is 1.14 bits per heavy atom. The molecule has 0 spiro atoms. The van der Waals surface area contributed by atoms with Crippen molar-refractivity contribution >= 4 is 35.2 Å². The molecule has 0 atom stereocenters. The highest BCUT2D eigenvalue weighted by atomic mass is 35.5. The van der Waals surface area contributed by atoms with Crippen molar-refractivity contribution in [3.8, 4) is 0 Å². The third kappa shape index (κ3) is 3.91. The van der Waals surface area contributed by atoms with Crippen LogP contribution in [0.15, 0.2) is 48.5 Å². The first-order chi connectivity index (χ1) is 13.6. The third-order valence-corrected chi connectivity index (χ3v) is 6.91. The lowest BCUT2D eigenvalue weighted by Crippen LogP contribution is -2.53. The molecular weight excluding hydrogens is 392 g/mol. The van der Waals surface area contributed by atoms with Gasteiger partial charge in [-0.05, 0) is 53.7 Å². The summed E-state index contributed by atoms with van der Waals surface area (Å²) >= 11 is 7.92. The average Bonchev–Trinajstić information content (AvgIpc) is 3.05. The lowest BCUT2D eigenvalue weighted by Gasteiger charge is -2.44. The standard InChI is InChI=1S/C22H23ClN2O2S/c23-18-6-3-4-16(12-18)14-24-20(26)13-22(8-10-28-11-9-22)25-15-17-5-1-2-7-19(17)21(25)27/h1-7,12H,8-11,13-15H2,(H,24,26). The van der Waals surface area contributed by atoms with Gasteiger partial charge in [0.15, 0.2) is 0 Å². The molecule has 1 N–H and O–H groups in total. The number of rotatable bonds is 5. The first kappa shape index (κ1) is 19.3. The SMILES string of the molecule is O=C(CC1(N2Cc3ccccc3C2=O)CCSCC1)NCc1cccc(Cl)c1. The Bertz CT molecular complexity index is 896. The van der Waals surface area contributed by atoms with Crippen LogP contribution in [0.5, 0.6) is 0 Å². The minimum absolute atomic E-state index is 0.0179. The number of halogens is 1. The number of carbonyl (C=O) groups excluding carboxylic acids is 2. The maximum absolute atomic E-state index is 13.1. The van der Waals surface area contributed by atoms with Crippen molar-refractivity contribution in [3.05, 3.63) is 70.2 Å². The Hall–Kier alpha value is -1.98. The fourth-order valence-corrected chi connectivity index (χ4v) is 5.61. The molecule has 2 aliphatic heterocycles. The first-order valence-corrected chi connectivity index (χ1v) is 11.1. The first-order valence-electron chi connectivity index (χ1n) is 9.56. The van der Waals surface area contributed by atoms with Crippen LogP contribution in [0.4, 0.5) is 0 Å². The van der Waals surface area contributed by atoms with E-state index in [0.717, 1.165) is 41.0 Å². The number of carbonyl (C=O) groups is 2. The predicted octanol–water partition coefficient (Wildman–Crippen LogP) is 4.27.